The molecule has 0 radical (unpaired) electrons. The Balaban J connectivity index is 0.00000192. The van der Waals surface area contributed by atoms with Gasteiger partial charge in [-0.05, 0) is 24.3 Å². The van der Waals surface area contributed by atoms with Crippen LogP contribution in [-0.4, -0.2) is 19.1 Å². The second-order valence-electron chi connectivity index (χ2n) is 6.45. The van der Waals surface area contributed by atoms with Crippen molar-refractivity contribution in [2.45, 2.75) is 44.6 Å². The number of amides is 1. The van der Waals surface area contributed by atoms with Gasteiger partial charge >= 0.3 is 0 Å². The van der Waals surface area contributed by atoms with E-state index in [0.29, 0.717) is 34.0 Å². The fraction of sp³-hybridized carbons (Fsp3) is 0.588. The third-order valence-electron chi connectivity index (χ3n) is 4.98. The number of nitrogens with two attached hydrogens (primary N) is 1. The molecule has 0 saturated heterocycles. The van der Waals surface area contributed by atoms with Crippen molar-refractivity contribution in [3.8, 4) is 5.75 Å². The van der Waals surface area contributed by atoms with Crippen molar-refractivity contribution in [3.63, 3.8) is 0 Å². The Morgan fingerprint density at radius 1 is 1.30 bits per heavy atom. The summed E-state index contributed by atoms with van der Waals surface area (Å²) in [7, 11) is 1.53. The van der Waals surface area contributed by atoms with Gasteiger partial charge in [0.2, 0.25) is 0 Å². The molecule has 3 rings (SSSR count). The molecule has 4 nitrogen and oxygen atoms in total. The van der Waals surface area contributed by atoms with Gasteiger partial charge < -0.3 is 15.8 Å². The molecule has 2 fully saturated rings. The van der Waals surface area contributed by atoms with Gasteiger partial charge in [-0.25, -0.2) is 0 Å². The molecule has 3 N–H and O–H groups in total. The highest BCUT2D eigenvalue weighted by Gasteiger charge is 2.44. The van der Waals surface area contributed by atoms with Crippen LogP contribution in [0.15, 0.2) is 12.1 Å². The molecule has 2 saturated carbocycles. The molecule has 0 spiro atoms. The molecule has 128 valence electrons. The number of carbonyl (C=O) groups excluding carboxylic acids is 1. The highest BCUT2D eigenvalue weighted by Crippen LogP contribution is 2.44. The number of halogens is 2. The Kier molecular flexibility index (Phi) is 6.04. The van der Waals surface area contributed by atoms with Crippen LogP contribution < -0.4 is 15.8 Å². The lowest BCUT2D eigenvalue weighted by molar-refractivity contribution is 0.0943. The van der Waals surface area contributed by atoms with Crippen molar-refractivity contribution < 1.29 is 9.53 Å². The molecule has 2 aliphatic carbocycles. The molecule has 1 aromatic rings. The van der Waals surface area contributed by atoms with Gasteiger partial charge in [-0.1, -0.05) is 43.7 Å². The number of ether oxygens (including phenoxy) is 1. The number of methoxy groups -OCH3 is 1. The van der Waals surface area contributed by atoms with Crippen molar-refractivity contribution in [3.05, 3.63) is 22.7 Å². The van der Waals surface area contributed by atoms with Crippen LogP contribution in [0, 0.1) is 11.8 Å². The predicted octanol–water partition coefficient (Wildman–Crippen LogP) is 4.05. The standard InChI is InChI=1S/C17H23ClN2O2.ClH/c1-22-16-9-14(19)13(18)7-12(16)17(21)20-15-8-11(15)10-5-3-2-4-6-10;/h7,9-11,15H,2-6,8,19H2,1H3,(H,20,21);1H. The van der Waals surface area contributed by atoms with E-state index in [1.807, 2.05) is 0 Å². The largest absolute Gasteiger partial charge is 0.496 e. The maximum Gasteiger partial charge on any atom is 0.255 e. The van der Waals surface area contributed by atoms with Crippen LogP contribution in [0.4, 0.5) is 5.69 Å². The monoisotopic (exact) mass is 358 g/mol. The lowest BCUT2D eigenvalue weighted by Gasteiger charge is -2.21. The number of nitrogens with one attached hydrogen (secondary N) is 1. The fourth-order valence-electron chi connectivity index (χ4n) is 3.63. The zero-order valence-corrected chi connectivity index (χ0v) is 14.9. The third kappa shape index (κ3) is 4.04. The van der Waals surface area contributed by atoms with E-state index in [-0.39, 0.29) is 18.3 Å². The van der Waals surface area contributed by atoms with E-state index in [1.54, 1.807) is 12.1 Å². The van der Waals surface area contributed by atoms with E-state index < -0.39 is 0 Å². The molecule has 0 heterocycles. The normalized spacial score (nSPS) is 23.7. The number of carbonyl (C=O) groups is 1. The first kappa shape index (κ1) is 18.2. The molecule has 2 aliphatic rings. The quantitative estimate of drug-likeness (QED) is 0.797. The van der Waals surface area contributed by atoms with Crippen molar-refractivity contribution in [1.82, 2.24) is 5.32 Å². The Hall–Kier alpha value is -1.13. The smallest absolute Gasteiger partial charge is 0.255 e. The maximum atomic E-state index is 12.5. The molecule has 6 heteroatoms. The minimum absolute atomic E-state index is 0. The average Bonchev–Trinajstić information content (AvgIpc) is 3.29. The zero-order chi connectivity index (χ0) is 15.7. The molecule has 1 amide bonds. The summed E-state index contributed by atoms with van der Waals surface area (Å²) in [5.74, 6) is 1.78. The second-order valence-corrected chi connectivity index (χ2v) is 6.86. The van der Waals surface area contributed by atoms with Crippen LogP contribution in [-0.2, 0) is 0 Å². The van der Waals surface area contributed by atoms with Gasteiger partial charge in [-0.15, -0.1) is 12.4 Å². The Labute approximate surface area is 148 Å². The first-order valence-electron chi connectivity index (χ1n) is 8.04. The summed E-state index contributed by atoms with van der Waals surface area (Å²) in [6, 6.07) is 3.49. The molecule has 0 bridgehead atoms. The molecular formula is C17H24Cl2N2O2. The molecule has 23 heavy (non-hydrogen) atoms. The summed E-state index contributed by atoms with van der Waals surface area (Å²) in [5.41, 5.74) is 6.63. The van der Waals surface area contributed by atoms with Gasteiger partial charge in [-0.2, -0.15) is 0 Å². The van der Waals surface area contributed by atoms with Gasteiger partial charge in [0.25, 0.3) is 5.91 Å². The summed E-state index contributed by atoms with van der Waals surface area (Å²) in [6.45, 7) is 0. The third-order valence-corrected chi connectivity index (χ3v) is 5.30. The lowest BCUT2D eigenvalue weighted by atomic mass is 9.85. The number of nitrogen functional groups attached to an aromatic ring is 1. The summed E-state index contributed by atoms with van der Waals surface area (Å²) in [4.78, 5) is 12.5. The number of hydrogen-bond acceptors (Lipinski definition) is 3. The number of hydrogen-bond donors (Lipinski definition) is 2. The molecule has 0 aliphatic heterocycles. The molecule has 0 aromatic heterocycles. The first-order valence-corrected chi connectivity index (χ1v) is 8.42. The molecule has 1 aromatic carbocycles. The van der Waals surface area contributed by atoms with E-state index in [0.717, 1.165) is 12.3 Å². The second kappa shape index (κ2) is 7.63. The van der Waals surface area contributed by atoms with E-state index in [2.05, 4.69) is 5.32 Å². The van der Waals surface area contributed by atoms with Gasteiger partial charge in [0.05, 0.1) is 23.4 Å². The predicted molar refractivity (Wildman–Crippen MR) is 95.6 cm³/mol. The minimum atomic E-state index is -0.123. The Bertz CT molecular complexity index is 574. The highest BCUT2D eigenvalue weighted by molar-refractivity contribution is 6.33. The fourth-order valence-corrected chi connectivity index (χ4v) is 3.79. The number of benzene rings is 1. The number of rotatable bonds is 4. The first-order chi connectivity index (χ1) is 10.6. The van der Waals surface area contributed by atoms with Gasteiger partial charge in [0.15, 0.2) is 0 Å². The average molecular weight is 359 g/mol. The van der Waals surface area contributed by atoms with Crippen LogP contribution in [0.3, 0.4) is 0 Å². The Morgan fingerprint density at radius 2 is 2.00 bits per heavy atom. The molecular weight excluding hydrogens is 335 g/mol. The van der Waals surface area contributed by atoms with E-state index in [4.69, 9.17) is 22.1 Å². The van der Waals surface area contributed by atoms with Crippen molar-refractivity contribution in [2.24, 2.45) is 11.8 Å². The SMILES string of the molecule is COc1cc(N)c(Cl)cc1C(=O)NC1CC1C1CCCCC1.Cl. The maximum absolute atomic E-state index is 12.5. The van der Waals surface area contributed by atoms with Crippen LogP contribution >= 0.6 is 24.0 Å². The minimum Gasteiger partial charge on any atom is -0.496 e. The molecule has 2 unspecified atom stereocenters. The van der Waals surface area contributed by atoms with Crippen LogP contribution in [0.25, 0.3) is 0 Å². The lowest BCUT2D eigenvalue weighted by Crippen LogP contribution is -2.28. The topological polar surface area (TPSA) is 64.3 Å². The summed E-state index contributed by atoms with van der Waals surface area (Å²) in [6.07, 6.45) is 7.76. The van der Waals surface area contributed by atoms with Crippen molar-refractivity contribution in [2.75, 3.05) is 12.8 Å². The van der Waals surface area contributed by atoms with Crippen molar-refractivity contribution in [1.29, 1.82) is 0 Å². The van der Waals surface area contributed by atoms with Gasteiger partial charge in [-0.3, -0.25) is 4.79 Å². The molecule has 2 atom stereocenters. The van der Waals surface area contributed by atoms with Gasteiger partial charge in [0, 0.05) is 12.1 Å². The van der Waals surface area contributed by atoms with Crippen LogP contribution in [0.2, 0.25) is 5.02 Å². The van der Waals surface area contributed by atoms with Gasteiger partial charge in [0.1, 0.15) is 5.75 Å². The Morgan fingerprint density at radius 3 is 2.65 bits per heavy atom. The zero-order valence-electron chi connectivity index (χ0n) is 13.3. The summed E-state index contributed by atoms with van der Waals surface area (Å²) in [5, 5.41) is 3.50. The summed E-state index contributed by atoms with van der Waals surface area (Å²) < 4.78 is 5.25. The number of anilines is 1. The van der Waals surface area contributed by atoms with E-state index in [9.17, 15) is 4.79 Å². The van der Waals surface area contributed by atoms with E-state index in [1.165, 1.54) is 39.2 Å². The van der Waals surface area contributed by atoms with Crippen LogP contribution in [0.1, 0.15) is 48.9 Å². The van der Waals surface area contributed by atoms with E-state index >= 15 is 0 Å². The highest BCUT2D eigenvalue weighted by atomic mass is 35.5. The van der Waals surface area contributed by atoms with Crippen LogP contribution in [0.5, 0.6) is 5.75 Å². The van der Waals surface area contributed by atoms with Crippen molar-refractivity contribution >= 4 is 35.6 Å². The summed E-state index contributed by atoms with van der Waals surface area (Å²) >= 11 is 6.03.